The predicted octanol–water partition coefficient (Wildman–Crippen LogP) is 3.38. The summed E-state index contributed by atoms with van der Waals surface area (Å²) in [4.78, 5) is 28.1. The Kier molecular flexibility index (Phi) is 6.82. The summed E-state index contributed by atoms with van der Waals surface area (Å²) in [5.41, 5.74) is 1.42. The lowest BCUT2D eigenvalue weighted by Crippen LogP contribution is -2.18. The molecule has 0 saturated carbocycles. The number of aromatic nitrogens is 2. The van der Waals surface area contributed by atoms with Crippen molar-refractivity contribution in [1.82, 2.24) is 9.55 Å². The van der Waals surface area contributed by atoms with E-state index in [9.17, 15) is 9.59 Å². The van der Waals surface area contributed by atoms with Crippen LogP contribution in [-0.2, 0) is 32.0 Å². The zero-order chi connectivity index (χ0) is 18.4. The highest BCUT2D eigenvalue weighted by Crippen LogP contribution is 2.22. The minimum absolute atomic E-state index is 0.0295. The van der Waals surface area contributed by atoms with Gasteiger partial charge in [0.1, 0.15) is 17.3 Å². The van der Waals surface area contributed by atoms with E-state index in [-0.39, 0.29) is 30.8 Å². The van der Waals surface area contributed by atoms with Crippen LogP contribution in [0.15, 0.2) is 18.2 Å². The van der Waals surface area contributed by atoms with Gasteiger partial charge in [0, 0.05) is 11.1 Å². The fourth-order valence-corrected chi connectivity index (χ4v) is 2.58. The SMILES string of the molecule is CCOC(=O)CCc1cc2ccc(Cl)nc2n1CC(=O)OCC(C)C. The standard InChI is InChI=1S/C18H23ClN2O4/c1-4-24-16(22)8-6-14-9-13-5-7-15(19)20-18(13)21(14)10-17(23)25-11-12(2)3/h5,7,9,12H,4,6,8,10-11H2,1-3H3. The van der Waals surface area contributed by atoms with Crippen LogP contribution < -0.4 is 0 Å². The number of esters is 2. The van der Waals surface area contributed by atoms with Crippen LogP contribution in [0.5, 0.6) is 0 Å². The maximum Gasteiger partial charge on any atom is 0.326 e. The number of rotatable bonds is 8. The molecule has 7 heteroatoms. The Hall–Kier alpha value is -2.08. The van der Waals surface area contributed by atoms with E-state index >= 15 is 0 Å². The molecule has 0 unspecified atom stereocenters. The Morgan fingerprint density at radius 2 is 2.00 bits per heavy atom. The van der Waals surface area contributed by atoms with Crippen molar-refractivity contribution in [2.45, 2.75) is 40.2 Å². The molecule has 0 aliphatic heterocycles. The summed E-state index contributed by atoms with van der Waals surface area (Å²) >= 11 is 5.99. The van der Waals surface area contributed by atoms with Crippen LogP contribution in [0.1, 0.15) is 32.9 Å². The van der Waals surface area contributed by atoms with Crippen molar-refractivity contribution in [3.05, 3.63) is 29.0 Å². The zero-order valence-corrected chi connectivity index (χ0v) is 15.5. The van der Waals surface area contributed by atoms with Gasteiger partial charge >= 0.3 is 11.9 Å². The second kappa shape index (κ2) is 8.85. The van der Waals surface area contributed by atoms with Gasteiger partial charge in [-0.1, -0.05) is 25.4 Å². The van der Waals surface area contributed by atoms with Crippen LogP contribution in [0.25, 0.3) is 11.0 Å². The molecule has 0 aliphatic rings. The summed E-state index contributed by atoms with van der Waals surface area (Å²) in [5.74, 6) is -0.348. The van der Waals surface area contributed by atoms with Gasteiger partial charge in [-0.25, -0.2) is 4.98 Å². The van der Waals surface area contributed by atoms with Gasteiger partial charge in [-0.15, -0.1) is 0 Å². The lowest BCUT2D eigenvalue weighted by molar-refractivity contribution is -0.145. The highest BCUT2D eigenvalue weighted by Gasteiger charge is 2.16. The Morgan fingerprint density at radius 3 is 2.68 bits per heavy atom. The number of carbonyl (C=O) groups is 2. The van der Waals surface area contributed by atoms with Gasteiger partial charge in [0.15, 0.2) is 0 Å². The minimum Gasteiger partial charge on any atom is -0.466 e. The van der Waals surface area contributed by atoms with Gasteiger partial charge in [0.25, 0.3) is 0 Å². The Morgan fingerprint density at radius 1 is 1.24 bits per heavy atom. The summed E-state index contributed by atoms with van der Waals surface area (Å²) in [6, 6.07) is 5.45. The van der Waals surface area contributed by atoms with E-state index < -0.39 is 0 Å². The van der Waals surface area contributed by atoms with Crippen molar-refractivity contribution in [3.63, 3.8) is 0 Å². The molecule has 0 aliphatic carbocycles. The van der Waals surface area contributed by atoms with E-state index in [4.69, 9.17) is 21.1 Å². The summed E-state index contributed by atoms with van der Waals surface area (Å²) in [6.45, 7) is 6.47. The third-order valence-corrected chi connectivity index (χ3v) is 3.76. The van der Waals surface area contributed by atoms with E-state index in [1.807, 2.05) is 26.0 Å². The second-order valence-corrected chi connectivity index (χ2v) is 6.54. The quantitative estimate of drug-likeness (QED) is 0.529. The van der Waals surface area contributed by atoms with E-state index in [1.54, 1.807) is 17.6 Å². The van der Waals surface area contributed by atoms with Crippen LogP contribution in [0, 0.1) is 5.92 Å². The number of aryl methyl sites for hydroxylation is 1. The van der Waals surface area contributed by atoms with Gasteiger partial charge in [-0.05, 0) is 37.5 Å². The van der Waals surface area contributed by atoms with Gasteiger partial charge in [-0.2, -0.15) is 0 Å². The maximum absolute atomic E-state index is 12.1. The number of halogens is 1. The first-order valence-electron chi connectivity index (χ1n) is 8.36. The molecule has 0 N–H and O–H groups in total. The van der Waals surface area contributed by atoms with E-state index in [0.29, 0.717) is 30.4 Å². The molecule has 2 rings (SSSR count). The van der Waals surface area contributed by atoms with Crippen LogP contribution in [-0.4, -0.2) is 34.7 Å². The monoisotopic (exact) mass is 366 g/mol. The Labute approximate surface area is 152 Å². The Balaban J connectivity index is 2.23. The summed E-state index contributed by atoms with van der Waals surface area (Å²) in [5, 5.41) is 1.21. The second-order valence-electron chi connectivity index (χ2n) is 6.15. The van der Waals surface area contributed by atoms with Gasteiger partial charge in [-0.3, -0.25) is 9.59 Å². The fourth-order valence-electron chi connectivity index (χ4n) is 2.44. The molecule has 0 fully saturated rings. The topological polar surface area (TPSA) is 70.4 Å². The Bertz CT molecular complexity index is 755. The minimum atomic E-state index is -0.342. The van der Waals surface area contributed by atoms with E-state index in [0.717, 1.165) is 11.1 Å². The molecular weight excluding hydrogens is 344 g/mol. The van der Waals surface area contributed by atoms with Gasteiger partial charge in [0.05, 0.1) is 19.6 Å². The number of hydrogen-bond donors (Lipinski definition) is 0. The first-order valence-corrected chi connectivity index (χ1v) is 8.74. The molecule has 0 atom stereocenters. The highest BCUT2D eigenvalue weighted by atomic mass is 35.5. The molecule has 0 spiro atoms. The molecule has 0 saturated heterocycles. The molecule has 136 valence electrons. The highest BCUT2D eigenvalue weighted by molar-refractivity contribution is 6.29. The molecule has 0 bridgehead atoms. The largest absolute Gasteiger partial charge is 0.466 e. The number of fused-ring (bicyclic) bond motifs is 1. The van der Waals surface area contributed by atoms with Crippen molar-refractivity contribution in [2.75, 3.05) is 13.2 Å². The molecule has 2 heterocycles. The third-order valence-electron chi connectivity index (χ3n) is 3.55. The first-order chi connectivity index (χ1) is 11.9. The summed E-state index contributed by atoms with van der Waals surface area (Å²) < 4.78 is 12.0. The van der Waals surface area contributed by atoms with Crippen LogP contribution >= 0.6 is 11.6 Å². The zero-order valence-electron chi connectivity index (χ0n) is 14.8. The normalized spacial score (nSPS) is 11.1. The smallest absolute Gasteiger partial charge is 0.326 e. The van der Waals surface area contributed by atoms with Crippen molar-refractivity contribution >= 4 is 34.6 Å². The van der Waals surface area contributed by atoms with Crippen LogP contribution in [0.3, 0.4) is 0 Å². The molecule has 0 aromatic carbocycles. The van der Waals surface area contributed by atoms with Crippen molar-refractivity contribution in [3.8, 4) is 0 Å². The lowest BCUT2D eigenvalue weighted by Gasteiger charge is -2.11. The lowest BCUT2D eigenvalue weighted by atomic mass is 10.2. The van der Waals surface area contributed by atoms with Gasteiger partial charge < -0.3 is 14.0 Å². The first kappa shape index (κ1) is 19.2. The van der Waals surface area contributed by atoms with Crippen LogP contribution in [0.2, 0.25) is 5.15 Å². The molecule has 0 amide bonds. The predicted molar refractivity (Wildman–Crippen MR) is 95.5 cm³/mol. The molecule has 25 heavy (non-hydrogen) atoms. The van der Waals surface area contributed by atoms with E-state index in [1.165, 1.54) is 0 Å². The van der Waals surface area contributed by atoms with Gasteiger partial charge in [0.2, 0.25) is 0 Å². The van der Waals surface area contributed by atoms with Crippen molar-refractivity contribution < 1.29 is 19.1 Å². The molecule has 2 aromatic rings. The summed E-state index contributed by atoms with van der Waals surface area (Å²) in [7, 11) is 0. The number of nitrogens with zero attached hydrogens (tertiary/aromatic N) is 2. The fraction of sp³-hybridized carbons (Fsp3) is 0.500. The third kappa shape index (κ3) is 5.46. The average molecular weight is 367 g/mol. The van der Waals surface area contributed by atoms with Crippen LogP contribution in [0.4, 0.5) is 0 Å². The number of ether oxygens (including phenoxy) is 2. The van der Waals surface area contributed by atoms with Crippen molar-refractivity contribution in [2.24, 2.45) is 5.92 Å². The van der Waals surface area contributed by atoms with E-state index in [2.05, 4.69) is 4.98 Å². The number of pyridine rings is 1. The molecule has 2 aromatic heterocycles. The molecule has 0 radical (unpaired) electrons. The van der Waals surface area contributed by atoms with Crippen molar-refractivity contribution in [1.29, 1.82) is 0 Å². The molecule has 6 nitrogen and oxygen atoms in total. The average Bonchev–Trinajstić information content (AvgIpc) is 2.88. The summed E-state index contributed by atoms with van der Waals surface area (Å²) in [6.07, 6.45) is 0.684. The number of hydrogen-bond acceptors (Lipinski definition) is 5. The maximum atomic E-state index is 12.1. The molecular formula is C18H23ClN2O4. The number of carbonyl (C=O) groups excluding carboxylic acids is 2.